The van der Waals surface area contributed by atoms with E-state index in [9.17, 15) is 0 Å². The number of hydrogen-bond donors (Lipinski definition) is 1. The van der Waals surface area contributed by atoms with E-state index in [2.05, 4.69) is 51.9 Å². The normalized spacial score (nSPS) is 16.5. The molecule has 0 saturated carbocycles. The first-order valence-electron chi connectivity index (χ1n) is 8.78. The molecular formula is C20H27N5. The summed E-state index contributed by atoms with van der Waals surface area (Å²) in [5, 5.41) is 12.3. The van der Waals surface area contributed by atoms with Crippen molar-refractivity contribution >= 4 is 11.7 Å². The lowest BCUT2D eigenvalue weighted by Crippen LogP contribution is -2.31. The fraction of sp³-hybridized carbons (Fsp3) is 0.450. The van der Waals surface area contributed by atoms with Crippen LogP contribution in [0.15, 0.2) is 47.2 Å². The van der Waals surface area contributed by atoms with Gasteiger partial charge in [0.05, 0.1) is 6.07 Å². The number of allylic oxidation sites excluding steroid dienone is 2. The lowest BCUT2D eigenvalue weighted by molar-refractivity contribution is 0.264. The Morgan fingerprint density at radius 1 is 1.52 bits per heavy atom. The Morgan fingerprint density at radius 3 is 2.80 bits per heavy atom. The highest BCUT2D eigenvalue weighted by Crippen LogP contribution is 2.29. The van der Waals surface area contributed by atoms with Gasteiger partial charge in [-0.1, -0.05) is 13.5 Å². The predicted molar refractivity (Wildman–Crippen MR) is 104 cm³/mol. The molecule has 1 fully saturated rings. The monoisotopic (exact) mass is 337 g/mol. The molecule has 1 aliphatic heterocycles. The maximum Gasteiger partial charge on any atom is 0.131 e. The van der Waals surface area contributed by atoms with E-state index in [1.165, 1.54) is 5.56 Å². The summed E-state index contributed by atoms with van der Waals surface area (Å²) in [4.78, 5) is 11.0. The van der Waals surface area contributed by atoms with Gasteiger partial charge in [0.2, 0.25) is 0 Å². The van der Waals surface area contributed by atoms with Crippen molar-refractivity contribution in [3.05, 3.63) is 47.8 Å². The third-order valence-electron chi connectivity index (χ3n) is 4.62. The Hall–Kier alpha value is -2.61. The summed E-state index contributed by atoms with van der Waals surface area (Å²) in [5.41, 5.74) is 3.14. The fourth-order valence-corrected chi connectivity index (χ4v) is 3.03. The zero-order valence-corrected chi connectivity index (χ0v) is 15.4. The number of hydrogen-bond acceptors (Lipinski definition) is 4. The molecule has 0 bridgehead atoms. The molecule has 2 heterocycles. The highest BCUT2D eigenvalue weighted by Gasteiger charge is 2.20. The molecule has 25 heavy (non-hydrogen) atoms. The number of piperidine rings is 1. The van der Waals surface area contributed by atoms with Crippen LogP contribution in [-0.2, 0) is 0 Å². The van der Waals surface area contributed by atoms with E-state index in [1.807, 2.05) is 13.1 Å². The second kappa shape index (κ2) is 9.03. The van der Waals surface area contributed by atoms with Crippen molar-refractivity contribution in [1.29, 1.82) is 5.26 Å². The highest BCUT2D eigenvalue weighted by molar-refractivity contribution is 6.03. The predicted octanol–water partition coefficient (Wildman–Crippen LogP) is 4.09. The number of aliphatic imine (C=N–C) groups is 1. The lowest BCUT2D eigenvalue weighted by Gasteiger charge is -2.34. The number of anilines is 1. The average Bonchev–Trinajstić information content (AvgIpc) is 2.65. The standard InChI is InChI=1S/C20H27N5/c1-5-16(14-21)12-19(22-4)24-20-13-18(6-9-23-20)17-7-10-25(11-8-17)15(2)3/h6,9,12-13,17H,2,5,7-8,10-11H2,1,3-4H3,(H,22,23,24)/b16-12+. The van der Waals surface area contributed by atoms with Gasteiger partial charge in [-0.25, -0.2) is 4.98 Å². The first kappa shape index (κ1) is 18.7. The Balaban J connectivity index is 2.08. The molecule has 0 radical (unpaired) electrons. The SMILES string of the molecule is C=C(C)N1CCC(c2ccnc(NC(/C=C(/C#N)CC)=NC)c2)CC1. The second-order valence-electron chi connectivity index (χ2n) is 6.34. The van der Waals surface area contributed by atoms with Crippen molar-refractivity contribution < 1.29 is 0 Å². The van der Waals surface area contributed by atoms with E-state index < -0.39 is 0 Å². The molecule has 1 N–H and O–H groups in total. The van der Waals surface area contributed by atoms with Crippen LogP contribution in [0.2, 0.25) is 0 Å². The summed E-state index contributed by atoms with van der Waals surface area (Å²) < 4.78 is 0. The van der Waals surface area contributed by atoms with E-state index >= 15 is 0 Å². The topological polar surface area (TPSA) is 64.3 Å². The number of nitrogens with zero attached hydrogens (tertiary/aromatic N) is 4. The van der Waals surface area contributed by atoms with E-state index in [0.29, 0.717) is 23.7 Å². The second-order valence-corrected chi connectivity index (χ2v) is 6.34. The average molecular weight is 337 g/mol. The van der Waals surface area contributed by atoms with Crippen LogP contribution in [0.4, 0.5) is 5.82 Å². The summed E-state index contributed by atoms with van der Waals surface area (Å²) in [6, 6.07) is 6.38. The molecule has 5 heteroatoms. The van der Waals surface area contributed by atoms with E-state index in [-0.39, 0.29) is 0 Å². The van der Waals surface area contributed by atoms with E-state index in [1.54, 1.807) is 13.1 Å². The van der Waals surface area contributed by atoms with Crippen molar-refractivity contribution in [2.75, 3.05) is 25.5 Å². The van der Waals surface area contributed by atoms with Crippen molar-refractivity contribution in [3.8, 4) is 6.07 Å². The Kier molecular flexibility index (Phi) is 6.76. The molecule has 1 aliphatic rings. The van der Waals surface area contributed by atoms with Gasteiger partial charge in [0.1, 0.15) is 11.7 Å². The number of likely N-dealkylation sites (tertiary alicyclic amines) is 1. The van der Waals surface area contributed by atoms with Crippen molar-refractivity contribution in [2.45, 2.75) is 39.0 Å². The summed E-state index contributed by atoms with van der Waals surface area (Å²) in [5.74, 6) is 1.97. The molecule has 5 nitrogen and oxygen atoms in total. The number of aromatic nitrogens is 1. The smallest absolute Gasteiger partial charge is 0.131 e. The maximum absolute atomic E-state index is 9.08. The van der Waals surface area contributed by atoms with Crippen molar-refractivity contribution in [2.24, 2.45) is 4.99 Å². The summed E-state index contributed by atoms with van der Waals surface area (Å²) >= 11 is 0. The molecule has 1 aromatic heterocycles. The van der Waals surface area contributed by atoms with Gasteiger partial charge in [0.25, 0.3) is 0 Å². The summed E-state index contributed by atoms with van der Waals surface area (Å²) in [7, 11) is 1.71. The van der Waals surface area contributed by atoms with Gasteiger partial charge in [-0.3, -0.25) is 4.99 Å². The van der Waals surface area contributed by atoms with Crippen LogP contribution < -0.4 is 5.32 Å². The van der Waals surface area contributed by atoms with E-state index in [4.69, 9.17) is 5.26 Å². The minimum Gasteiger partial charge on any atom is -0.375 e. The van der Waals surface area contributed by atoms with Crippen LogP contribution in [0.3, 0.4) is 0 Å². The van der Waals surface area contributed by atoms with Crippen LogP contribution in [0.1, 0.15) is 44.6 Å². The zero-order valence-electron chi connectivity index (χ0n) is 15.4. The Labute approximate surface area is 150 Å². The van der Waals surface area contributed by atoms with Crippen molar-refractivity contribution in [3.63, 3.8) is 0 Å². The molecule has 132 valence electrons. The molecule has 1 aromatic rings. The number of pyridine rings is 1. The first-order chi connectivity index (χ1) is 12.1. The third kappa shape index (κ3) is 5.18. The number of amidine groups is 1. The zero-order chi connectivity index (χ0) is 18.2. The maximum atomic E-state index is 9.08. The molecular weight excluding hydrogens is 310 g/mol. The van der Waals surface area contributed by atoms with Gasteiger partial charge in [-0.2, -0.15) is 5.26 Å². The first-order valence-corrected chi connectivity index (χ1v) is 8.78. The van der Waals surface area contributed by atoms with Gasteiger partial charge in [-0.15, -0.1) is 0 Å². The summed E-state index contributed by atoms with van der Waals surface area (Å²) in [6.45, 7) is 10.2. The largest absolute Gasteiger partial charge is 0.375 e. The molecule has 0 aromatic carbocycles. The molecule has 0 aliphatic carbocycles. The quantitative estimate of drug-likeness (QED) is 0.499. The minimum atomic E-state index is 0.544. The van der Waals surface area contributed by atoms with Crippen LogP contribution >= 0.6 is 0 Å². The van der Waals surface area contributed by atoms with Crippen LogP contribution in [-0.4, -0.2) is 35.9 Å². The van der Waals surface area contributed by atoms with Gasteiger partial charge in [-0.05, 0) is 55.9 Å². The molecule has 0 spiro atoms. The lowest BCUT2D eigenvalue weighted by atomic mass is 9.90. The number of nitriles is 1. The molecule has 2 rings (SSSR count). The summed E-state index contributed by atoms with van der Waals surface area (Å²) in [6.07, 6.45) is 6.55. The Bertz CT molecular complexity index is 703. The molecule has 0 amide bonds. The third-order valence-corrected chi connectivity index (χ3v) is 4.62. The fourth-order valence-electron chi connectivity index (χ4n) is 3.03. The van der Waals surface area contributed by atoms with Gasteiger partial charge in [0.15, 0.2) is 0 Å². The van der Waals surface area contributed by atoms with Gasteiger partial charge >= 0.3 is 0 Å². The molecule has 0 atom stereocenters. The van der Waals surface area contributed by atoms with Gasteiger partial charge in [0, 0.05) is 37.6 Å². The molecule has 1 saturated heterocycles. The van der Waals surface area contributed by atoms with Crippen molar-refractivity contribution in [1.82, 2.24) is 9.88 Å². The van der Waals surface area contributed by atoms with E-state index in [0.717, 1.165) is 37.4 Å². The van der Waals surface area contributed by atoms with Crippen LogP contribution in [0, 0.1) is 11.3 Å². The Morgan fingerprint density at radius 2 is 2.24 bits per heavy atom. The number of nitrogens with one attached hydrogen (secondary N) is 1. The number of rotatable bonds is 5. The van der Waals surface area contributed by atoms with Crippen LogP contribution in [0.25, 0.3) is 0 Å². The highest BCUT2D eigenvalue weighted by atomic mass is 15.1. The minimum absolute atomic E-state index is 0.544. The van der Waals surface area contributed by atoms with Gasteiger partial charge < -0.3 is 10.2 Å². The molecule has 0 unspecified atom stereocenters. The van der Waals surface area contributed by atoms with Crippen LogP contribution in [0.5, 0.6) is 0 Å².